The molecule has 0 aliphatic carbocycles. The molecule has 0 spiro atoms. The molecule has 26 heavy (non-hydrogen) atoms. The SMILES string of the molecule is CCN(CC)[Si](C)(C)N([Si](C)(C)N(CC)CC)[Si](C)(CC)N(CC)CC. The summed E-state index contributed by atoms with van der Waals surface area (Å²) in [4.78, 5) is 0. The molecule has 0 bridgehead atoms. The Labute approximate surface area is 169 Å². The highest BCUT2D eigenvalue weighted by molar-refractivity contribution is 7.02. The lowest BCUT2D eigenvalue weighted by atomic mass is 10.7. The molecule has 0 aromatic heterocycles. The van der Waals surface area contributed by atoms with Gasteiger partial charge in [-0.05, 0) is 78.0 Å². The number of hydrogen-bond acceptors (Lipinski definition) is 4. The fourth-order valence-corrected chi connectivity index (χ4v) is 29.9. The van der Waals surface area contributed by atoms with Crippen molar-refractivity contribution >= 4 is 25.2 Å². The summed E-state index contributed by atoms with van der Waals surface area (Å²) in [7, 11) is -5.21. The van der Waals surface area contributed by atoms with Crippen LogP contribution in [0.15, 0.2) is 0 Å². The molecule has 7 heteroatoms. The Morgan fingerprint density at radius 3 is 0.923 bits per heavy atom. The first-order valence-electron chi connectivity index (χ1n) is 11.0. The normalized spacial score (nSPS) is 16.2. The van der Waals surface area contributed by atoms with Crippen LogP contribution >= 0.6 is 0 Å². The van der Waals surface area contributed by atoms with Gasteiger partial charge in [-0.25, -0.2) is 0 Å². The Hall–Kier alpha value is 0.491. The van der Waals surface area contributed by atoms with E-state index in [1.165, 1.54) is 45.3 Å². The molecule has 4 nitrogen and oxygen atoms in total. The molecular formula is C19H50N4Si3. The maximum absolute atomic E-state index is 3.22. The van der Waals surface area contributed by atoms with Crippen LogP contribution in [0.25, 0.3) is 0 Å². The molecule has 0 rings (SSSR count). The van der Waals surface area contributed by atoms with Crippen molar-refractivity contribution in [1.29, 1.82) is 0 Å². The van der Waals surface area contributed by atoms with Crippen molar-refractivity contribution in [3.05, 3.63) is 0 Å². The zero-order valence-electron chi connectivity index (χ0n) is 20.2. The van der Waals surface area contributed by atoms with Gasteiger partial charge in [-0.2, -0.15) is 0 Å². The first-order valence-corrected chi connectivity index (χ1v) is 19.4. The van der Waals surface area contributed by atoms with Crippen molar-refractivity contribution in [2.24, 2.45) is 0 Å². The minimum Gasteiger partial charge on any atom is -0.332 e. The highest BCUT2D eigenvalue weighted by Gasteiger charge is 2.56. The van der Waals surface area contributed by atoms with Crippen molar-refractivity contribution in [2.75, 3.05) is 39.3 Å². The van der Waals surface area contributed by atoms with E-state index < -0.39 is 25.2 Å². The van der Waals surface area contributed by atoms with Crippen LogP contribution in [0, 0.1) is 0 Å². The van der Waals surface area contributed by atoms with E-state index in [-0.39, 0.29) is 0 Å². The standard InChI is InChI=1S/C19H50N4Si3/c1-13-20(14-2)24(8,9)23(25(10,11)21(15-3)16-4)26(12,19-7)22(17-5)18-6/h13-19H2,1-12H3. The van der Waals surface area contributed by atoms with Gasteiger partial charge in [-0.15, -0.1) is 0 Å². The second-order valence-electron chi connectivity index (χ2n) is 8.41. The lowest BCUT2D eigenvalue weighted by Crippen LogP contribution is -2.84. The Morgan fingerprint density at radius 1 is 0.462 bits per heavy atom. The lowest BCUT2D eigenvalue weighted by molar-refractivity contribution is 0.379. The van der Waals surface area contributed by atoms with Crippen LogP contribution in [-0.2, 0) is 0 Å². The van der Waals surface area contributed by atoms with Gasteiger partial charge in [-0.3, -0.25) is 0 Å². The van der Waals surface area contributed by atoms with Crippen LogP contribution in [-0.4, -0.2) is 82.1 Å². The van der Waals surface area contributed by atoms with Crippen LogP contribution in [0.1, 0.15) is 48.5 Å². The van der Waals surface area contributed by atoms with Gasteiger partial charge in [-0.1, -0.05) is 48.5 Å². The highest BCUT2D eigenvalue weighted by atomic mass is 28.5. The average molecular weight is 419 g/mol. The second kappa shape index (κ2) is 10.9. The maximum Gasteiger partial charge on any atom is 0.192 e. The first-order chi connectivity index (χ1) is 12.0. The summed E-state index contributed by atoms with van der Waals surface area (Å²) in [6.07, 6.45) is 0. The summed E-state index contributed by atoms with van der Waals surface area (Å²) in [6, 6.07) is 1.31. The zero-order valence-corrected chi connectivity index (χ0v) is 23.2. The molecule has 0 aliphatic heterocycles. The third-order valence-corrected chi connectivity index (χ3v) is 27.1. The lowest BCUT2D eigenvalue weighted by Gasteiger charge is -2.62. The maximum atomic E-state index is 3.22. The molecule has 0 N–H and O–H groups in total. The van der Waals surface area contributed by atoms with E-state index in [0.717, 1.165) is 0 Å². The van der Waals surface area contributed by atoms with Gasteiger partial charge >= 0.3 is 0 Å². The molecule has 1 atom stereocenters. The third-order valence-electron chi connectivity index (χ3n) is 6.77. The van der Waals surface area contributed by atoms with E-state index >= 15 is 0 Å². The molecular weight excluding hydrogens is 368 g/mol. The monoisotopic (exact) mass is 418 g/mol. The minimum absolute atomic E-state index is 1.17. The fraction of sp³-hybridized carbons (Fsp3) is 1.00. The van der Waals surface area contributed by atoms with Crippen LogP contribution in [0.5, 0.6) is 0 Å². The zero-order chi connectivity index (χ0) is 20.8. The molecule has 0 aliphatic rings. The number of rotatable bonds is 13. The largest absolute Gasteiger partial charge is 0.332 e. The fourth-order valence-electron chi connectivity index (χ4n) is 5.55. The molecule has 0 aromatic carbocycles. The number of hydrogen-bond donors (Lipinski definition) is 0. The average Bonchev–Trinajstić information content (AvgIpc) is 2.56. The van der Waals surface area contributed by atoms with Crippen LogP contribution < -0.4 is 0 Å². The molecule has 0 fully saturated rings. The van der Waals surface area contributed by atoms with Crippen LogP contribution in [0.4, 0.5) is 0 Å². The van der Waals surface area contributed by atoms with Crippen molar-refractivity contribution in [2.45, 2.75) is 87.2 Å². The number of nitrogens with zero attached hydrogens (tertiary/aromatic N) is 4. The molecule has 1 unspecified atom stereocenters. The molecule has 0 heterocycles. The van der Waals surface area contributed by atoms with Crippen molar-refractivity contribution in [3.63, 3.8) is 0 Å². The predicted molar refractivity (Wildman–Crippen MR) is 128 cm³/mol. The van der Waals surface area contributed by atoms with E-state index in [1.54, 1.807) is 0 Å². The van der Waals surface area contributed by atoms with Gasteiger partial charge in [0.25, 0.3) is 0 Å². The van der Waals surface area contributed by atoms with Crippen molar-refractivity contribution in [1.82, 2.24) is 17.6 Å². The van der Waals surface area contributed by atoms with E-state index in [2.05, 4.69) is 98.8 Å². The highest BCUT2D eigenvalue weighted by Crippen LogP contribution is 2.35. The predicted octanol–water partition coefficient (Wildman–Crippen LogP) is 4.81. The Balaban J connectivity index is 6.62. The quantitative estimate of drug-likeness (QED) is 0.398. The van der Waals surface area contributed by atoms with Gasteiger partial charge in [0.05, 0.1) is 0 Å². The first kappa shape index (κ1) is 26.5. The van der Waals surface area contributed by atoms with Crippen LogP contribution in [0.3, 0.4) is 0 Å². The van der Waals surface area contributed by atoms with Gasteiger partial charge in [0, 0.05) is 0 Å². The molecule has 0 aromatic rings. The topological polar surface area (TPSA) is 13.0 Å². The summed E-state index contributed by atoms with van der Waals surface area (Å²) >= 11 is 0. The van der Waals surface area contributed by atoms with E-state index in [4.69, 9.17) is 0 Å². The van der Waals surface area contributed by atoms with Gasteiger partial charge in [0.1, 0.15) is 0 Å². The third kappa shape index (κ3) is 5.10. The Bertz CT molecular complexity index is 370. The minimum atomic E-state index is -1.74. The molecule has 158 valence electrons. The summed E-state index contributed by atoms with van der Waals surface area (Å²) in [6.45, 7) is 36.8. The Kier molecular flexibility index (Phi) is 11.1. The summed E-state index contributed by atoms with van der Waals surface area (Å²) in [5.41, 5.74) is 0. The molecule has 0 saturated carbocycles. The van der Waals surface area contributed by atoms with E-state index in [1.807, 2.05) is 0 Å². The molecule has 0 amide bonds. The molecule has 0 radical (unpaired) electrons. The smallest absolute Gasteiger partial charge is 0.192 e. The second-order valence-corrected chi connectivity index (χ2v) is 22.1. The summed E-state index contributed by atoms with van der Waals surface area (Å²) < 4.78 is 11.7. The van der Waals surface area contributed by atoms with Gasteiger partial charge in [0.15, 0.2) is 25.2 Å². The van der Waals surface area contributed by atoms with E-state index in [0.29, 0.717) is 0 Å². The van der Waals surface area contributed by atoms with Gasteiger partial charge in [0.2, 0.25) is 0 Å². The molecule has 0 saturated heterocycles. The van der Waals surface area contributed by atoms with Crippen molar-refractivity contribution < 1.29 is 0 Å². The Morgan fingerprint density at radius 2 is 0.731 bits per heavy atom. The van der Waals surface area contributed by atoms with Gasteiger partial charge < -0.3 is 17.6 Å². The summed E-state index contributed by atoms with van der Waals surface area (Å²) in [5.74, 6) is 0. The van der Waals surface area contributed by atoms with Crippen LogP contribution in [0.2, 0.25) is 38.8 Å². The van der Waals surface area contributed by atoms with E-state index in [9.17, 15) is 0 Å². The summed E-state index contributed by atoms with van der Waals surface area (Å²) in [5, 5.41) is 0. The van der Waals surface area contributed by atoms with Crippen molar-refractivity contribution in [3.8, 4) is 0 Å².